The van der Waals surface area contributed by atoms with E-state index in [0.29, 0.717) is 17.8 Å². The third-order valence-electron chi connectivity index (χ3n) is 2.92. The number of amides is 1. The zero-order valence-corrected chi connectivity index (χ0v) is 12.4. The van der Waals surface area contributed by atoms with Crippen LogP contribution in [0.3, 0.4) is 0 Å². The van der Waals surface area contributed by atoms with Gasteiger partial charge in [-0.2, -0.15) is 0 Å². The van der Waals surface area contributed by atoms with Crippen LogP contribution in [0.1, 0.15) is 21.1 Å². The van der Waals surface area contributed by atoms with Gasteiger partial charge in [-0.15, -0.1) is 11.3 Å². The number of nitrogens with zero attached hydrogens (tertiary/aromatic N) is 2. The van der Waals surface area contributed by atoms with E-state index >= 15 is 0 Å². The van der Waals surface area contributed by atoms with Crippen molar-refractivity contribution in [3.63, 3.8) is 0 Å². The largest absolute Gasteiger partial charge is 0.299 e. The number of thiazole rings is 1. The highest BCUT2D eigenvalue weighted by molar-refractivity contribution is 9.10. The molecule has 0 radical (unpaired) electrons. The Morgan fingerprint density at radius 3 is 2.84 bits per heavy atom. The van der Waals surface area contributed by atoms with Crippen LogP contribution >= 0.6 is 27.3 Å². The number of anilines is 1. The number of hydrogen-bond donors (Lipinski definition) is 0. The van der Waals surface area contributed by atoms with Crippen molar-refractivity contribution in [3.05, 3.63) is 44.3 Å². The molecule has 1 amide bonds. The van der Waals surface area contributed by atoms with Gasteiger partial charge in [-0.05, 0) is 25.1 Å². The monoisotopic (exact) mass is 336 g/mol. The molecular weight excluding hydrogens is 328 g/mol. The quantitative estimate of drug-likeness (QED) is 0.792. The lowest BCUT2D eigenvalue weighted by molar-refractivity contribution is -0.114. The van der Waals surface area contributed by atoms with E-state index in [1.165, 1.54) is 16.2 Å². The predicted molar refractivity (Wildman–Crippen MR) is 76.5 cm³/mol. The van der Waals surface area contributed by atoms with E-state index in [1.54, 1.807) is 12.1 Å². The van der Waals surface area contributed by atoms with Crippen molar-refractivity contribution >= 4 is 44.6 Å². The Labute approximate surface area is 122 Å². The number of ketones is 1. The van der Waals surface area contributed by atoms with Crippen molar-refractivity contribution in [2.24, 2.45) is 0 Å². The number of aryl methyl sites for hydroxylation is 1. The second-order valence-corrected chi connectivity index (χ2v) is 6.22. The van der Waals surface area contributed by atoms with Crippen LogP contribution in [-0.4, -0.2) is 16.7 Å². The van der Waals surface area contributed by atoms with E-state index in [9.17, 15) is 9.59 Å². The van der Waals surface area contributed by atoms with Crippen LogP contribution in [0, 0.1) is 6.92 Å². The average Bonchev–Trinajstić information content (AvgIpc) is 2.88. The van der Waals surface area contributed by atoms with Crippen LogP contribution in [0.4, 0.5) is 5.69 Å². The van der Waals surface area contributed by atoms with Gasteiger partial charge in [0.25, 0.3) is 11.7 Å². The van der Waals surface area contributed by atoms with Gasteiger partial charge in [0.15, 0.2) is 0 Å². The standard InChI is InChI=1S/C13H9BrN2O2S/c1-7-15-9(6-19-7)5-16-11-3-2-8(14)4-10(11)12(17)13(16)18/h2-4,6H,5H2,1H3. The third-order valence-corrected chi connectivity index (χ3v) is 4.24. The van der Waals surface area contributed by atoms with Crippen LogP contribution in [0.25, 0.3) is 0 Å². The highest BCUT2D eigenvalue weighted by atomic mass is 79.9. The van der Waals surface area contributed by atoms with Crippen molar-refractivity contribution in [1.29, 1.82) is 0 Å². The van der Waals surface area contributed by atoms with Crippen molar-refractivity contribution in [2.45, 2.75) is 13.5 Å². The van der Waals surface area contributed by atoms with E-state index < -0.39 is 11.7 Å². The molecule has 0 atom stereocenters. The average molecular weight is 337 g/mol. The zero-order valence-electron chi connectivity index (χ0n) is 10.0. The van der Waals surface area contributed by atoms with Gasteiger partial charge in [-0.1, -0.05) is 15.9 Å². The number of rotatable bonds is 2. The molecule has 96 valence electrons. The lowest BCUT2D eigenvalue weighted by Crippen LogP contribution is -2.29. The van der Waals surface area contributed by atoms with Crippen molar-refractivity contribution in [1.82, 2.24) is 4.98 Å². The Balaban J connectivity index is 1.99. The van der Waals surface area contributed by atoms with Gasteiger partial charge < -0.3 is 0 Å². The highest BCUT2D eigenvalue weighted by Gasteiger charge is 2.36. The number of halogens is 1. The molecule has 19 heavy (non-hydrogen) atoms. The van der Waals surface area contributed by atoms with E-state index in [-0.39, 0.29) is 0 Å². The number of hydrogen-bond acceptors (Lipinski definition) is 4. The van der Waals surface area contributed by atoms with Crippen LogP contribution in [0.5, 0.6) is 0 Å². The van der Waals surface area contributed by atoms with Crippen LogP contribution in [0.2, 0.25) is 0 Å². The van der Waals surface area contributed by atoms with Gasteiger partial charge in [0.1, 0.15) is 0 Å². The first-order valence-electron chi connectivity index (χ1n) is 5.63. The van der Waals surface area contributed by atoms with Gasteiger partial charge in [-0.25, -0.2) is 4.98 Å². The van der Waals surface area contributed by atoms with Gasteiger partial charge in [0.2, 0.25) is 0 Å². The molecule has 2 heterocycles. The molecule has 0 unspecified atom stereocenters. The summed E-state index contributed by atoms with van der Waals surface area (Å²) in [4.78, 5) is 29.8. The van der Waals surface area contributed by atoms with Gasteiger partial charge >= 0.3 is 0 Å². The summed E-state index contributed by atoms with van der Waals surface area (Å²) in [6.07, 6.45) is 0. The lowest BCUT2D eigenvalue weighted by atomic mass is 10.1. The minimum atomic E-state index is -0.487. The molecule has 1 aliphatic heterocycles. The number of fused-ring (bicyclic) bond motifs is 1. The highest BCUT2D eigenvalue weighted by Crippen LogP contribution is 2.32. The molecule has 1 aliphatic rings. The molecule has 1 aromatic heterocycles. The normalized spacial score (nSPS) is 14.1. The van der Waals surface area contributed by atoms with E-state index in [2.05, 4.69) is 20.9 Å². The number of benzene rings is 1. The molecule has 0 saturated carbocycles. The van der Waals surface area contributed by atoms with Gasteiger partial charge in [0.05, 0.1) is 28.5 Å². The fourth-order valence-corrected chi connectivity index (χ4v) is 3.04. The first-order valence-corrected chi connectivity index (χ1v) is 7.30. The summed E-state index contributed by atoms with van der Waals surface area (Å²) in [5, 5.41) is 2.85. The molecular formula is C13H9BrN2O2S. The summed E-state index contributed by atoms with van der Waals surface area (Å²) in [6.45, 7) is 2.25. The Hall–Kier alpha value is -1.53. The van der Waals surface area contributed by atoms with Crippen molar-refractivity contribution in [2.75, 3.05) is 4.90 Å². The smallest absolute Gasteiger partial charge is 0.299 e. The van der Waals surface area contributed by atoms with E-state index in [0.717, 1.165) is 15.2 Å². The minimum Gasteiger partial charge on any atom is -0.299 e. The first kappa shape index (κ1) is 12.5. The topological polar surface area (TPSA) is 50.3 Å². The van der Waals surface area contributed by atoms with Crippen molar-refractivity contribution < 1.29 is 9.59 Å². The maximum absolute atomic E-state index is 12.0. The Kier molecular flexibility index (Phi) is 2.99. The summed E-state index contributed by atoms with van der Waals surface area (Å²) >= 11 is 4.84. The van der Waals surface area contributed by atoms with Crippen LogP contribution in [-0.2, 0) is 11.3 Å². The molecule has 0 saturated heterocycles. The fraction of sp³-hybridized carbons (Fsp3) is 0.154. The minimum absolute atomic E-state index is 0.337. The molecule has 0 bridgehead atoms. The molecule has 4 nitrogen and oxygen atoms in total. The maximum Gasteiger partial charge on any atom is 0.299 e. The summed E-state index contributed by atoms with van der Waals surface area (Å²) in [6, 6.07) is 5.29. The molecule has 0 spiro atoms. The fourth-order valence-electron chi connectivity index (χ4n) is 2.07. The Bertz CT molecular complexity index is 696. The SMILES string of the molecule is Cc1nc(CN2C(=O)C(=O)c3cc(Br)ccc32)cs1. The summed E-state index contributed by atoms with van der Waals surface area (Å²) in [7, 11) is 0. The summed E-state index contributed by atoms with van der Waals surface area (Å²) < 4.78 is 0.791. The molecule has 2 aromatic rings. The zero-order chi connectivity index (χ0) is 13.6. The van der Waals surface area contributed by atoms with Crippen LogP contribution < -0.4 is 4.90 Å². The van der Waals surface area contributed by atoms with E-state index in [4.69, 9.17) is 0 Å². The maximum atomic E-state index is 12.0. The van der Waals surface area contributed by atoms with E-state index in [1.807, 2.05) is 18.4 Å². The Morgan fingerprint density at radius 1 is 1.37 bits per heavy atom. The van der Waals surface area contributed by atoms with Gasteiger partial charge in [-0.3, -0.25) is 14.5 Å². The summed E-state index contributed by atoms with van der Waals surface area (Å²) in [5.74, 6) is -0.943. The number of aromatic nitrogens is 1. The second-order valence-electron chi connectivity index (χ2n) is 4.24. The molecule has 3 rings (SSSR count). The lowest BCUT2D eigenvalue weighted by Gasteiger charge is -2.14. The Morgan fingerprint density at radius 2 is 2.16 bits per heavy atom. The van der Waals surface area contributed by atoms with Crippen molar-refractivity contribution in [3.8, 4) is 0 Å². The molecule has 0 fully saturated rings. The number of carbonyl (C=O) groups excluding carboxylic acids is 2. The molecule has 0 N–H and O–H groups in total. The molecule has 1 aromatic carbocycles. The van der Waals surface area contributed by atoms with Crippen LogP contribution in [0.15, 0.2) is 28.1 Å². The summed E-state index contributed by atoms with van der Waals surface area (Å²) in [5.41, 5.74) is 1.91. The molecule has 6 heteroatoms. The molecule has 0 aliphatic carbocycles. The second kappa shape index (κ2) is 4.54. The predicted octanol–water partition coefficient (Wildman–Crippen LogP) is 2.94. The third kappa shape index (κ3) is 2.11. The first-order chi connectivity index (χ1) is 9.06. The number of Topliss-reactive ketones (excluding diaryl/α,β-unsaturated/α-hetero) is 1. The van der Waals surface area contributed by atoms with Gasteiger partial charge in [0, 0.05) is 9.85 Å². The number of carbonyl (C=O) groups is 2.